The summed E-state index contributed by atoms with van der Waals surface area (Å²) in [7, 11) is 0. The normalized spacial score (nSPS) is 26.9. The van der Waals surface area contributed by atoms with Crippen LogP contribution in [0.25, 0.3) is 0 Å². The van der Waals surface area contributed by atoms with E-state index in [9.17, 15) is 9.59 Å². The molecule has 4 heterocycles. The van der Waals surface area contributed by atoms with Crippen LogP contribution >= 0.6 is 11.8 Å². The van der Waals surface area contributed by atoms with Crippen LogP contribution in [-0.4, -0.2) is 58.5 Å². The predicted octanol–water partition coefficient (Wildman–Crippen LogP) is 0.0570. The molecule has 2 saturated heterocycles. The average Bonchev–Trinajstić information content (AvgIpc) is 3.18. The Morgan fingerprint density at radius 2 is 2.16 bits per heavy atom. The minimum atomic E-state index is -0.518. The number of hydrogen-bond donors (Lipinski definition) is 2. The van der Waals surface area contributed by atoms with Crippen LogP contribution in [0.1, 0.15) is 31.3 Å². The summed E-state index contributed by atoms with van der Waals surface area (Å²) in [5.41, 5.74) is 0.861. The van der Waals surface area contributed by atoms with Crippen molar-refractivity contribution in [3.8, 4) is 0 Å². The number of β-lactam (4-membered cyclic amide) rings is 1. The van der Waals surface area contributed by atoms with Crippen LogP contribution in [0.5, 0.6) is 0 Å². The maximum atomic E-state index is 12.6. The third-order valence-corrected chi connectivity index (χ3v) is 6.05. The lowest BCUT2D eigenvalue weighted by atomic mass is 9.95. The molecule has 0 radical (unpaired) electrons. The number of nitrogens with zero attached hydrogens (tertiary/aromatic N) is 5. The summed E-state index contributed by atoms with van der Waals surface area (Å²) in [4.78, 5) is 30.6. The van der Waals surface area contributed by atoms with Crippen LogP contribution in [0, 0.1) is 0 Å². The molecule has 2 aromatic heterocycles. The van der Waals surface area contributed by atoms with Gasteiger partial charge in [0.1, 0.15) is 17.5 Å². The monoisotopic (exact) mass is 359 g/mol. The van der Waals surface area contributed by atoms with Gasteiger partial charge in [0.15, 0.2) is 5.82 Å². The van der Waals surface area contributed by atoms with E-state index < -0.39 is 6.04 Å². The van der Waals surface area contributed by atoms with E-state index in [2.05, 4.69) is 30.9 Å². The maximum absolute atomic E-state index is 12.6. The zero-order valence-corrected chi connectivity index (χ0v) is 14.5. The van der Waals surface area contributed by atoms with Gasteiger partial charge in [-0.15, -0.1) is 22.0 Å². The molecule has 25 heavy (non-hydrogen) atoms. The van der Waals surface area contributed by atoms with E-state index in [1.54, 1.807) is 41.2 Å². The number of rotatable bonds is 4. The van der Waals surface area contributed by atoms with E-state index in [0.717, 1.165) is 5.56 Å². The first-order valence-electron chi connectivity index (χ1n) is 7.89. The van der Waals surface area contributed by atoms with Gasteiger partial charge in [-0.05, 0) is 31.5 Å². The number of fused-ring (bicyclic) bond motifs is 1. The summed E-state index contributed by atoms with van der Waals surface area (Å²) >= 11 is 1.64. The van der Waals surface area contributed by atoms with Crippen molar-refractivity contribution >= 4 is 23.6 Å². The number of thioether (sulfide) groups is 1. The Morgan fingerprint density at radius 3 is 2.84 bits per heavy atom. The quantitative estimate of drug-likeness (QED) is 0.741. The van der Waals surface area contributed by atoms with Crippen LogP contribution in [0.4, 0.5) is 0 Å². The van der Waals surface area contributed by atoms with Crippen molar-refractivity contribution in [2.75, 3.05) is 0 Å². The molecule has 3 atom stereocenters. The zero-order chi connectivity index (χ0) is 17.6. The van der Waals surface area contributed by atoms with E-state index in [1.807, 2.05) is 13.8 Å². The smallest absolute Gasteiger partial charge is 0.249 e. The highest BCUT2D eigenvalue weighted by Gasteiger charge is 2.63. The van der Waals surface area contributed by atoms with Crippen molar-refractivity contribution in [2.45, 2.75) is 42.5 Å². The predicted molar refractivity (Wildman–Crippen MR) is 89.1 cm³/mol. The SMILES string of the molecule is CC1(C)S[C@H]2C(NC(=O)Cc3ccncc3)C(=O)N2C1c1nn[nH]n1. The molecule has 2 N–H and O–H groups in total. The fraction of sp³-hybridized carbons (Fsp3) is 0.467. The third-order valence-electron chi connectivity index (χ3n) is 4.48. The summed E-state index contributed by atoms with van der Waals surface area (Å²) < 4.78 is -0.269. The van der Waals surface area contributed by atoms with Gasteiger partial charge in [0.05, 0.1) is 6.42 Å². The fourth-order valence-electron chi connectivity index (χ4n) is 3.36. The minimum Gasteiger partial charge on any atom is -0.341 e. The molecule has 0 aromatic carbocycles. The van der Waals surface area contributed by atoms with Crippen molar-refractivity contribution in [3.63, 3.8) is 0 Å². The van der Waals surface area contributed by atoms with Gasteiger partial charge in [-0.3, -0.25) is 14.6 Å². The molecule has 10 heteroatoms. The van der Waals surface area contributed by atoms with Gasteiger partial charge in [-0.2, -0.15) is 5.21 Å². The van der Waals surface area contributed by atoms with Crippen LogP contribution in [0.2, 0.25) is 0 Å². The van der Waals surface area contributed by atoms with E-state index in [-0.39, 0.29) is 34.4 Å². The molecule has 2 aliphatic rings. The first-order chi connectivity index (χ1) is 12.0. The molecule has 0 spiro atoms. The number of amides is 2. The maximum Gasteiger partial charge on any atom is 0.249 e. The highest BCUT2D eigenvalue weighted by atomic mass is 32.2. The lowest BCUT2D eigenvalue weighted by Crippen LogP contribution is -2.68. The Kier molecular flexibility index (Phi) is 3.71. The summed E-state index contributed by atoms with van der Waals surface area (Å²) in [6, 6.07) is 2.79. The number of hydrogen-bond acceptors (Lipinski definition) is 7. The Morgan fingerprint density at radius 1 is 1.40 bits per heavy atom. The highest BCUT2D eigenvalue weighted by molar-refractivity contribution is 8.01. The molecule has 0 aliphatic carbocycles. The largest absolute Gasteiger partial charge is 0.341 e. The van der Waals surface area contributed by atoms with Gasteiger partial charge < -0.3 is 10.2 Å². The Hall–Kier alpha value is -2.49. The first kappa shape index (κ1) is 16.0. The van der Waals surface area contributed by atoms with Gasteiger partial charge >= 0.3 is 0 Å². The number of aromatic nitrogens is 5. The summed E-state index contributed by atoms with van der Waals surface area (Å²) in [6.45, 7) is 4.08. The van der Waals surface area contributed by atoms with Gasteiger partial charge in [-0.25, -0.2) is 0 Å². The first-order valence-corrected chi connectivity index (χ1v) is 8.77. The molecule has 2 aromatic rings. The zero-order valence-electron chi connectivity index (χ0n) is 13.7. The highest BCUT2D eigenvalue weighted by Crippen LogP contribution is 2.56. The van der Waals surface area contributed by atoms with E-state index >= 15 is 0 Å². The number of aromatic amines is 1. The molecular weight excluding hydrogens is 342 g/mol. The standard InChI is InChI=1S/C15H17N7O2S/c1-15(2)11(12-18-20-21-19-12)22-13(24)10(14(22)25-15)17-9(23)7-8-3-5-16-6-4-8/h3-6,10-11,14H,7H2,1-2H3,(H,17,23)(H,18,19,20,21)/t10?,11?,14-/m0/s1. The number of carbonyl (C=O) groups is 2. The number of H-pyrrole nitrogens is 1. The molecule has 2 amide bonds. The van der Waals surface area contributed by atoms with Crippen LogP contribution in [-0.2, 0) is 16.0 Å². The van der Waals surface area contributed by atoms with Crippen LogP contribution in [0.15, 0.2) is 24.5 Å². The molecule has 4 rings (SSSR count). The Labute approximate surface area is 148 Å². The summed E-state index contributed by atoms with van der Waals surface area (Å²) in [6.07, 6.45) is 3.51. The lowest BCUT2D eigenvalue weighted by molar-refractivity contribution is -0.151. The average molecular weight is 359 g/mol. The third kappa shape index (κ3) is 2.66. The van der Waals surface area contributed by atoms with Gasteiger partial charge in [0.2, 0.25) is 11.8 Å². The Bertz CT molecular complexity index is 795. The van der Waals surface area contributed by atoms with E-state index in [0.29, 0.717) is 5.82 Å². The molecule has 0 saturated carbocycles. The molecular formula is C15H17N7O2S. The van der Waals surface area contributed by atoms with Gasteiger partial charge in [-0.1, -0.05) is 5.21 Å². The molecule has 0 bridgehead atoms. The van der Waals surface area contributed by atoms with Crippen LogP contribution < -0.4 is 5.32 Å². The molecule has 9 nitrogen and oxygen atoms in total. The van der Waals surface area contributed by atoms with E-state index in [1.165, 1.54) is 0 Å². The second-order valence-corrected chi connectivity index (χ2v) is 8.38. The lowest BCUT2D eigenvalue weighted by Gasteiger charge is -2.44. The fourth-order valence-corrected chi connectivity index (χ4v) is 4.99. The second-order valence-electron chi connectivity index (χ2n) is 6.61. The molecule has 130 valence electrons. The van der Waals surface area contributed by atoms with Crippen molar-refractivity contribution < 1.29 is 9.59 Å². The number of nitrogens with one attached hydrogen (secondary N) is 2. The number of tetrazole rings is 1. The van der Waals surface area contributed by atoms with Gasteiger partial charge in [0.25, 0.3) is 0 Å². The molecule has 2 fully saturated rings. The Balaban J connectivity index is 1.46. The summed E-state index contributed by atoms with van der Waals surface area (Å²) in [5, 5.41) is 16.9. The molecule has 2 unspecified atom stereocenters. The molecule has 2 aliphatic heterocycles. The summed E-state index contributed by atoms with van der Waals surface area (Å²) in [5.74, 6) is 0.210. The topological polar surface area (TPSA) is 117 Å². The van der Waals surface area contributed by atoms with Crippen LogP contribution in [0.3, 0.4) is 0 Å². The van der Waals surface area contributed by atoms with Crippen molar-refractivity contribution in [1.29, 1.82) is 0 Å². The second kappa shape index (κ2) is 5.80. The van der Waals surface area contributed by atoms with E-state index in [4.69, 9.17) is 0 Å². The van der Waals surface area contributed by atoms with Crippen molar-refractivity contribution in [1.82, 2.24) is 35.8 Å². The van der Waals surface area contributed by atoms with Gasteiger partial charge in [0, 0.05) is 17.1 Å². The van der Waals surface area contributed by atoms with Crippen molar-refractivity contribution in [3.05, 3.63) is 35.9 Å². The number of pyridine rings is 1. The number of carbonyl (C=O) groups excluding carboxylic acids is 2. The van der Waals surface area contributed by atoms with Crippen molar-refractivity contribution in [2.24, 2.45) is 0 Å². The minimum absolute atomic E-state index is 0.110.